The van der Waals surface area contributed by atoms with Crippen molar-refractivity contribution in [2.24, 2.45) is 12.5 Å². The molecular formula is C11H14N4O. The van der Waals surface area contributed by atoms with Gasteiger partial charge in [-0.2, -0.15) is 10.4 Å². The lowest BCUT2D eigenvalue weighted by atomic mass is 9.87. The molecule has 2 rings (SSSR count). The summed E-state index contributed by atoms with van der Waals surface area (Å²) in [5, 5.41) is 15.9. The predicted octanol–water partition coefficient (Wildman–Crippen LogP) is 1.44. The number of hydrogen-bond acceptors (Lipinski definition) is 3. The van der Waals surface area contributed by atoms with Gasteiger partial charge in [0.25, 0.3) is 0 Å². The Morgan fingerprint density at radius 2 is 2.31 bits per heavy atom. The minimum atomic E-state index is -0.829. The minimum absolute atomic E-state index is 0.198. The van der Waals surface area contributed by atoms with E-state index in [1.807, 2.05) is 0 Å². The lowest BCUT2D eigenvalue weighted by Crippen LogP contribution is -2.33. The molecule has 1 aromatic rings. The van der Waals surface area contributed by atoms with Crippen LogP contribution in [0.3, 0.4) is 0 Å². The molecule has 0 aliphatic heterocycles. The van der Waals surface area contributed by atoms with Crippen LogP contribution in [-0.4, -0.2) is 15.7 Å². The monoisotopic (exact) mass is 218 g/mol. The number of nitrogens with zero attached hydrogens (tertiary/aromatic N) is 3. The maximum Gasteiger partial charge on any atom is 0.245 e. The van der Waals surface area contributed by atoms with E-state index in [4.69, 9.17) is 5.26 Å². The second-order valence-corrected chi connectivity index (χ2v) is 4.20. The lowest BCUT2D eigenvalue weighted by molar-refractivity contribution is -0.122. The van der Waals surface area contributed by atoms with Gasteiger partial charge < -0.3 is 5.32 Å². The summed E-state index contributed by atoms with van der Waals surface area (Å²) < 4.78 is 1.58. The Morgan fingerprint density at radius 1 is 1.62 bits per heavy atom. The molecule has 0 saturated heterocycles. The summed E-state index contributed by atoms with van der Waals surface area (Å²) in [5.74, 6) is 0.433. The zero-order valence-electron chi connectivity index (χ0n) is 9.23. The molecule has 5 heteroatoms. The Balaban J connectivity index is 2.14. The van der Waals surface area contributed by atoms with E-state index >= 15 is 0 Å². The van der Waals surface area contributed by atoms with E-state index in [0.717, 1.165) is 12.8 Å². The minimum Gasteiger partial charge on any atom is -0.310 e. The van der Waals surface area contributed by atoms with Crippen LogP contribution in [0, 0.1) is 16.7 Å². The molecule has 0 unspecified atom stereocenters. The third kappa shape index (κ3) is 1.67. The van der Waals surface area contributed by atoms with Crippen molar-refractivity contribution in [1.82, 2.24) is 9.78 Å². The van der Waals surface area contributed by atoms with Gasteiger partial charge >= 0.3 is 0 Å². The molecule has 1 aliphatic carbocycles. The van der Waals surface area contributed by atoms with Crippen molar-refractivity contribution >= 4 is 11.7 Å². The van der Waals surface area contributed by atoms with Gasteiger partial charge in [0.15, 0.2) is 0 Å². The van der Waals surface area contributed by atoms with Gasteiger partial charge in [-0.3, -0.25) is 9.48 Å². The topological polar surface area (TPSA) is 70.7 Å². The Bertz CT molecular complexity index is 437. The van der Waals surface area contributed by atoms with Crippen LogP contribution >= 0.6 is 0 Å². The highest BCUT2D eigenvalue weighted by Gasteiger charge is 2.41. The summed E-state index contributed by atoms with van der Waals surface area (Å²) >= 11 is 0. The number of amides is 1. The van der Waals surface area contributed by atoms with Crippen LogP contribution in [0.25, 0.3) is 0 Å². The average molecular weight is 218 g/mol. The van der Waals surface area contributed by atoms with Gasteiger partial charge in [-0.15, -0.1) is 0 Å². The number of rotatable bonds is 2. The fourth-order valence-corrected chi connectivity index (χ4v) is 2.10. The summed E-state index contributed by atoms with van der Waals surface area (Å²) in [6.07, 6.45) is 4.84. The predicted molar refractivity (Wildman–Crippen MR) is 58.4 cm³/mol. The molecule has 0 atom stereocenters. The van der Waals surface area contributed by atoms with Gasteiger partial charge in [0.05, 0.1) is 12.3 Å². The van der Waals surface area contributed by atoms with Crippen LogP contribution in [0.1, 0.15) is 25.7 Å². The largest absolute Gasteiger partial charge is 0.310 e. The summed E-state index contributed by atoms with van der Waals surface area (Å²) in [4.78, 5) is 12.0. The molecule has 0 bridgehead atoms. The Labute approximate surface area is 94.1 Å². The van der Waals surface area contributed by atoms with Crippen molar-refractivity contribution in [3.05, 3.63) is 12.3 Å². The van der Waals surface area contributed by atoms with E-state index in [9.17, 15) is 4.79 Å². The Morgan fingerprint density at radius 3 is 2.81 bits per heavy atom. The summed E-state index contributed by atoms with van der Waals surface area (Å²) in [6.45, 7) is 0. The fourth-order valence-electron chi connectivity index (χ4n) is 2.10. The van der Waals surface area contributed by atoms with Crippen LogP contribution in [0.4, 0.5) is 5.82 Å². The second kappa shape index (κ2) is 3.97. The SMILES string of the molecule is Cn1nccc1NC(=O)C1(C#N)CCCC1. The standard InChI is InChI=1S/C11H14N4O/c1-15-9(4-7-13-15)14-10(16)11(8-12)5-2-3-6-11/h4,7H,2-3,5-6H2,1H3,(H,14,16). The quantitative estimate of drug-likeness (QED) is 0.816. The van der Waals surface area contributed by atoms with Gasteiger partial charge in [-0.05, 0) is 12.8 Å². The molecule has 84 valence electrons. The maximum atomic E-state index is 12.0. The normalized spacial score (nSPS) is 18.0. The van der Waals surface area contributed by atoms with E-state index in [1.54, 1.807) is 24.0 Å². The molecule has 5 nitrogen and oxygen atoms in total. The molecule has 1 aromatic heterocycles. The maximum absolute atomic E-state index is 12.0. The molecule has 1 fully saturated rings. The van der Waals surface area contributed by atoms with Gasteiger partial charge in [0.2, 0.25) is 5.91 Å². The van der Waals surface area contributed by atoms with Crippen molar-refractivity contribution in [2.45, 2.75) is 25.7 Å². The Kier molecular flexibility index (Phi) is 2.65. The third-order valence-corrected chi connectivity index (χ3v) is 3.17. The smallest absolute Gasteiger partial charge is 0.245 e. The van der Waals surface area contributed by atoms with E-state index in [2.05, 4.69) is 16.5 Å². The van der Waals surface area contributed by atoms with Crippen LogP contribution in [0.15, 0.2) is 12.3 Å². The van der Waals surface area contributed by atoms with Crippen molar-refractivity contribution in [1.29, 1.82) is 5.26 Å². The van der Waals surface area contributed by atoms with Crippen LogP contribution < -0.4 is 5.32 Å². The first-order valence-electron chi connectivity index (χ1n) is 5.39. The number of aryl methyl sites for hydroxylation is 1. The molecule has 0 spiro atoms. The van der Waals surface area contributed by atoms with E-state index in [-0.39, 0.29) is 5.91 Å². The molecular weight excluding hydrogens is 204 g/mol. The Hall–Kier alpha value is -1.83. The zero-order valence-corrected chi connectivity index (χ0v) is 9.23. The molecule has 1 heterocycles. The number of nitriles is 1. The highest BCUT2D eigenvalue weighted by molar-refractivity contribution is 5.96. The van der Waals surface area contributed by atoms with Gasteiger partial charge in [-0.1, -0.05) is 12.8 Å². The number of nitrogens with one attached hydrogen (secondary N) is 1. The summed E-state index contributed by atoms with van der Waals surface area (Å²) in [6, 6.07) is 3.89. The first-order chi connectivity index (χ1) is 7.68. The van der Waals surface area contributed by atoms with Crippen LogP contribution in [0.2, 0.25) is 0 Å². The second-order valence-electron chi connectivity index (χ2n) is 4.20. The lowest BCUT2D eigenvalue weighted by Gasteiger charge is -2.18. The third-order valence-electron chi connectivity index (χ3n) is 3.17. The molecule has 1 N–H and O–H groups in total. The number of carbonyl (C=O) groups is 1. The average Bonchev–Trinajstić information content (AvgIpc) is 2.89. The van der Waals surface area contributed by atoms with E-state index in [0.29, 0.717) is 18.7 Å². The first kappa shape index (κ1) is 10.7. The summed E-state index contributed by atoms with van der Waals surface area (Å²) in [5.41, 5.74) is -0.829. The highest BCUT2D eigenvalue weighted by Crippen LogP contribution is 2.38. The zero-order chi connectivity index (χ0) is 11.6. The van der Waals surface area contributed by atoms with Crippen molar-refractivity contribution < 1.29 is 4.79 Å². The molecule has 0 radical (unpaired) electrons. The van der Waals surface area contributed by atoms with Crippen molar-refractivity contribution in [2.75, 3.05) is 5.32 Å². The molecule has 1 saturated carbocycles. The number of carbonyl (C=O) groups excluding carboxylic acids is 1. The van der Waals surface area contributed by atoms with E-state index < -0.39 is 5.41 Å². The summed E-state index contributed by atoms with van der Waals surface area (Å²) in [7, 11) is 1.75. The van der Waals surface area contributed by atoms with Crippen LogP contribution in [0.5, 0.6) is 0 Å². The fraction of sp³-hybridized carbons (Fsp3) is 0.545. The molecule has 16 heavy (non-hydrogen) atoms. The first-order valence-corrected chi connectivity index (χ1v) is 5.39. The van der Waals surface area contributed by atoms with Crippen LogP contribution in [-0.2, 0) is 11.8 Å². The van der Waals surface area contributed by atoms with Crippen molar-refractivity contribution in [3.8, 4) is 6.07 Å². The van der Waals surface area contributed by atoms with Crippen molar-refractivity contribution in [3.63, 3.8) is 0 Å². The molecule has 1 aliphatic rings. The molecule has 1 amide bonds. The van der Waals surface area contributed by atoms with E-state index in [1.165, 1.54) is 0 Å². The van der Waals surface area contributed by atoms with Gasteiger partial charge in [0.1, 0.15) is 11.2 Å². The van der Waals surface area contributed by atoms with Gasteiger partial charge in [0, 0.05) is 13.1 Å². The highest BCUT2D eigenvalue weighted by atomic mass is 16.2. The number of hydrogen-bond donors (Lipinski definition) is 1. The number of aromatic nitrogens is 2. The number of anilines is 1. The molecule has 0 aromatic carbocycles. The van der Waals surface area contributed by atoms with Gasteiger partial charge in [-0.25, -0.2) is 0 Å².